The maximum absolute atomic E-state index is 11.5. The minimum atomic E-state index is -0.383. The molecule has 0 radical (unpaired) electrons. The molecule has 1 N–H and O–H groups in total. The Morgan fingerprint density at radius 2 is 2.40 bits per heavy atom. The Labute approximate surface area is 88.6 Å². The number of carbonyl (C=O) groups is 1. The van der Waals surface area contributed by atoms with Crippen molar-refractivity contribution in [2.75, 3.05) is 6.54 Å². The lowest BCUT2D eigenvalue weighted by Crippen LogP contribution is -2.41. The first kappa shape index (κ1) is 10.1. The highest BCUT2D eigenvalue weighted by Crippen LogP contribution is 2.13. The van der Waals surface area contributed by atoms with Gasteiger partial charge in [0.15, 0.2) is 0 Å². The molecule has 0 saturated carbocycles. The molecule has 0 bridgehead atoms. The summed E-state index contributed by atoms with van der Waals surface area (Å²) in [5.74, 6) is 0.103. The second-order valence-corrected chi connectivity index (χ2v) is 3.79. The fraction of sp³-hybridized carbons (Fsp3) is 0.455. The molecule has 1 aromatic rings. The van der Waals surface area contributed by atoms with Gasteiger partial charge < -0.3 is 10.0 Å². The van der Waals surface area contributed by atoms with Gasteiger partial charge in [0.05, 0.1) is 18.3 Å². The van der Waals surface area contributed by atoms with Crippen molar-refractivity contribution in [3.05, 3.63) is 30.1 Å². The maximum Gasteiger partial charge on any atom is 0.223 e. The summed E-state index contributed by atoms with van der Waals surface area (Å²) in [4.78, 5) is 17.4. The number of aromatic nitrogens is 1. The summed E-state index contributed by atoms with van der Waals surface area (Å²) < 4.78 is 0. The van der Waals surface area contributed by atoms with Crippen molar-refractivity contribution in [1.82, 2.24) is 9.88 Å². The first-order valence-electron chi connectivity index (χ1n) is 5.11. The first-order chi connectivity index (χ1) is 7.25. The van der Waals surface area contributed by atoms with E-state index in [1.165, 1.54) is 0 Å². The van der Waals surface area contributed by atoms with Crippen molar-refractivity contribution in [3.63, 3.8) is 0 Å². The third kappa shape index (κ3) is 2.53. The van der Waals surface area contributed by atoms with Gasteiger partial charge in [0.1, 0.15) is 0 Å². The average Bonchev–Trinajstić information content (AvgIpc) is 2.25. The van der Waals surface area contributed by atoms with Crippen LogP contribution in [0, 0.1) is 0 Å². The number of likely N-dealkylation sites (tertiary alicyclic amines) is 1. The summed E-state index contributed by atoms with van der Waals surface area (Å²) in [5, 5.41) is 9.46. The number of nitrogens with zero attached hydrogens (tertiary/aromatic N) is 2. The van der Waals surface area contributed by atoms with Crippen LogP contribution in [0.3, 0.4) is 0 Å². The highest BCUT2D eigenvalue weighted by atomic mass is 16.3. The van der Waals surface area contributed by atoms with Crippen LogP contribution in [0.5, 0.6) is 0 Å². The summed E-state index contributed by atoms with van der Waals surface area (Å²) in [6, 6.07) is 5.62. The number of rotatable bonds is 2. The largest absolute Gasteiger partial charge is 0.391 e. The van der Waals surface area contributed by atoms with Crippen LogP contribution in [-0.4, -0.2) is 33.5 Å². The van der Waals surface area contributed by atoms with Crippen LogP contribution in [0.25, 0.3) is 0 Å². The van der Waals surface area contributed by atoms with Gasteiger partial charge in [-0.1, -0.05) is 6.07 Å². The number of hydrogen-bond acceptors (Lipinski definition) is 3. The van der Waals surface area contributed by atoms with Crippen molar-refractivity contribution < 1.29 is 9.90 Å². The lowest BCUT2D eigenvalue weighted by molar-refractivity contribution is -0.137. The third-order valence-corrected chi connectivity index (χ3v) is 2.55. The molecule has 1 aliphatic rings. The van der Waals surface area contributed by atoms with Gasteiger partial charge in [0, 0.05) is 19.2 Å². The third-order valence-electron chi connectivity index (χ3n) is 2.55. The molecule has 1 amide bonds. The predicted molar refractivity (Wildman–Crippen MR) is 54.9 cm³/mol. The number of hydrogen-bond donors (Lipinski definition) is 1. The lowest BCUT2D eigenvalue weighted by atomic mass is 10.1. The van der Waals surface area contributed by atoms with Crippen LogP contribution < -0.4 is 0 Å². The molecule has 2 heterocycles. The van der Waals surface area contributed by atoms with Gasteiger partial charge in [-0.3, -0.25) is 9.78 Å². The van der Waals surface area contributed by atoms with Crippen molar-refractivity contribution in [2.24, 2.45) is 0 Å². The number of aliphatic hydroxyl groups excluding tert-OH is 1. The molecule has 0 aliphatic carbocycles. The Morgan fingerprint density at radius 3 is 3.13 bits per heavy atom. The van der Waals surface area contributed by atoms with Gasteiger partial charge in [-0.25, -0.2) is 0 Å². The van der Waals surface area contributed by atoms with E-state index >= 15 is 0 Å². The van der Waals surface area contributed by atoms with E-state index in [9.17, 15) is 9.90 Å². The van der Waals surface area contributed by atoms with E-state index in [0.717, 1.165) is 5.69 Å². The van der Waals surface area contributed by atoms with E-state index < -0.39 is 0 Å². The molecule has 2 rings (SSSR count). The molecule has 4 nitrogen and oxygen atoms in total. The zero-order valence-corrected chi connectivity index (χ0v) is 8.47. The minimum Gasteiger partial charge on any atom is -0.391 e. The average molecular weight is 206 g/mol. The number of pyridine rings is 1. The van der Waals surface area contributed by atoms with Crippen LogP contribution in [0.1, 0.15) is 18.5 Å². The van der Waals surface area contributed by atoms with Crippen molar-refractivity contribution in [2.45, 2.75) is 25.5 Å². The predicted octanol–water partition coefficient (Wildman–Crippen LogP) is 0.565. The van der Waals surface area contributed by atoms with Gasteiger partial charge in [-0.05, 0) is 18.6 Å². The molecule has 1 aliphatic heterocycles. The van der Waals surface area contributed by atoms with E-state index in [4.69, 9.17) is 0 Å². The Hall–Kier alpha value is -1.42. The Morgan fingerprint density at radius 1 is 1.53 bits per heavy atom. The Bertz CT molecular complexity index is 340. The quantitative estimate of drug-likeness (QED) is 0.769. The lowest BCUT2D eigenvalue weighted by Gasteiger charge is -2.29. The molecule has 0 spiro atoms. The molecule has 0 aromatic carbocycles. The number of piperidine rings is 1. The van der Waals surface area contributed by atoms with E-state index in [1.54, 1.807) is 11.1 Å². The van der Waals surface area contributed by atoms with Crippen LogP contribution in [0.4, 0.5) is 0 Å². The van der Waals surface area contributed by atoms with Crippen molar-refractivity contribution in [1.29, 1.82) is 0 Å². The van der Waals surface area contributed by atoms with Gasteiger partial charge in [0.2, 0.25) is 5.91 Å². The molecule has 15 heavy (non-hydrogen) atoms. The summed E-state index contributed by atoms with van der Waals surface area (Å²) in [7, 11) is 0. The highest BCUT2D eigenvalue weighted by molar-refractivity contribution is 5.77. The molecule has 4 heteroatoms. The summed E-state index contributed by atoms with van der Waals surface area (Å²) >= 11 is 0. The SMILES string of the molecule is O=C1CCC(O)CN1Cc1ccccn1. The zero-order chi connectivity index (χ0) is 10.7. The number of aliphatic hydroxyl groups is 1. The van der Waals surface area contributed by atoms with Gasteiger partial charge in [0.25, 0.3) is 0 Å². The standard InChI is InChI=1S/C11H14N2O2/c14-10-4-5-11(15)13(8-10)7-9-3-1-2-6-12-9/h1-3,6,10,14H,4-5,7-8H2. The van der Waals surface area contributed by atoms with Crippen LogP contribution >= 0.6 is 0 Å². The summed E-state index contributed by atoms with van der Waals surface area (Å²) in [5.41, 5.74) is 0.861. The van der Waals surface area contributed by atoms with Crippen molar-refractivity contribution in [3.8, 4) is 0 Å². The van der Waals surface area contributed by atoms with E-state index in [0.29, 0.717) is 25.9 Å². The molecular formula is C11H14N2O2. The van der Waals surface area contributed by atoms with Crippen LogP contribution in [0.15, 0.2) is 24.4 Å². The molecule has 1 atom stereocenters. The first-order valence-corrected chi connectivity index (χ1v) is 5.11. The van der Waals surface area contributed by atoms with Gasteiger partial charge in [-0.15, -0.1) is 0 Å². The molecule has 1 aromatic heterocycles. The van der Waals surface area contributed by atoms with Crippen molar-refractivity contribution >= 4 is 5.91 Å². The van der Waals surface area contributed by atoms with Crippen LogP contribution in [-0.2, 0) is 11.3 Å². The minimum absolute atomic E-state index is 0.103. The van der Waals surface area contributed by atoms with E-state index in [-0.39, 0.29) is 12.0 Å². The number of β-amino-alcohol motifs (C(OH)–C–C–N with tert-alkyl or cyclic N) is 1. The van der Waals surface area contributed by atoms with Gasteiger partial charge >= 0.3 is 0 Å². The summed E-state index contributed by atoms with van der Waals surface area (Å²) in [6.45, 7) is 0.923. The molecular weight excluding hydrogens is 192 g/mol. The molecule has 1 unspecified atom stereocenters. The Kier molecular flexibility index (Phi) is 2.97. The fourth-order valence-electron chi connectivity index (χ4n) is 1.74. The number of amides is 1. The molecule has 1 fully saturated rings. The zero-order valence-electron chi connectivity index (χ0n) is 8.47. The molecule has 80 valence electrons. The van der Waals surface area contributed by atoms with Crippen LogP contribution in [0.2, 0.25) is 0 Å². The normalized spacial score (nSPS) is 21.8. The second-order valence-electron chi connectivity index (χ2n) is 3.79. The number of carbonyl (C=O) groups excluding carboxylic acids is 1. The topological polar surface area (TPSA) is 53.4 Å². The second kappa shape index (κ2) is 4.40. The van der Waals surface area contributed by atoms with E-state index in [2.05, 4.69) is 4.98 Å². The van der Waals surface area contributed by atoms with E-state index in [1.807, 2.05) is 18.2 Å². The maximum atomic E-state index is 11.5. The monoisotopic (exact) mass is 206 g/mol. The Balaban J connectivity index is 2.01. The van der Waals surface area contributed by atoms with Gasteiger partial charge in [-0.2, -0.15) is 0 Å². The highest BCUT2D eigenvalue weighted by Gasteiger charge is 2.24. The summed E-state index contributed by atoms with van der Waals surface area (Å²) in [6.07, 6.45) is 2.34. The molecule has 1 saturated heterocycles. The smallest absolute Gasteiger partial charge is 0.223 e. The fourth-order valence-corrected chi connectivity index (χ4v) is 1.74.